The van der Waals surface area contributed by atoms with Crippen LogP contribution in [0, 0.1) is 0 Å². The highest BCUT2D eigenvalue weighted by atomic mass is 19.3. The number of nitrogens with zero attached hydrogens (tertiary/aromatic N) is 4. The first-order valence-electron chi connectivity index (χ1n) is 8.37. The Hall–Kier alpha value is -3.23. The van der Waals surface area contributed by atoms with Gasteiger partial charge in [0.2, 0.25) is 5.88 Å². The lowest BCUT2D eigenvalue weighted by Gasteiger charge is -2.23. The number of aromatic hydroxyl groups is 1. The summed E-state index contributed by atoms with van der Waals surface area (Å²) < 4.78 is 32.2. The highest BCUT2D eigenvalue weighted by Gasteiger charge is 2.46. The van der Waals surface area contributed by atoms with Gasteiger partial charge in [0.15, 0.2) is 0 Å². The van der Waals surface area contributed by atoms with Crippen molar-refractivity contribution in [3.63, 3.8) is 0 Å². The van der Waals surface area contributed by atoms with Gasteiger partial charge in [-0.15, -0.1) is 0 Å². The Morgan fingerprint density at radius 3 is 2.93 bits per heavy atom. The normalized spacial score (nSPS) is 20.7. The molecule has 0 radical (unpaired) electrons. The fourth-order valence-corrected chi connectivity index (χ4v) is 4.26. The zero-order valence-electron chi connectivity index (χ0n) is 14.1. The van der Waals surface area contributed by atoms with Crippen molar-refractivity contribution in [1.29, 1.82) is 0 Å². The Bertz CT molecular complexity index is 1100. The first kappa shape index (κ1) is 16.0. The molecule has 1 aliphatic heterocycles. The van der Waals surface area contributed by atoms with Gasteiger partial charge in [0.25, 0.3) is 5.91 Å². The van der Waals surface area contributed by atoms with Crippen molar-refractivity contribution in [2.75, 3.05) is 7.05 Å². The van der Waals surface area contributed by atoms with E-state index in [2.05, 4.69) is 10.1 Å². The Morgan fingerprint density at radius 1 is 1.33 bits per heavy atom. The summed E-state index contributed by atoms with van der Waals surface area (Å²) in [6.07, 6.45) is 1.90. The lowest BCUT2D eigenvalue weighted by Crippen LogP contribution is -2.30. The summed E-state index contributed by atoms with van der Waals surface area (Å²) in [4.78, 5) is 18.3. The summed E-state index contributed by atoms with van der Waals surface area (Å²) in [6.45, 7) is -3.00. The molecule has 1 aliphatic carbocycles. The van der Waals surface area contributed by atoms with Crippen LogP contribution in [0.4, 0.5) is 8.78 Å². The van der Waals surface area contributed by atoms with Crippen molar-refractivity contribution in [2.45, 2.75) is 25.0 Å². The fraction of sp³-hybridized carbons (Fsp3) is 0.278. The molecule has 7 nitrogen and oxygen atoms in total. The molecule has 0 spiro atoms. The summed E-state index contributed by atoms with van der Waals surface area (Å²) >= 11 is 0. The number of carbonyl (C=O) groups excluding carboxylic acids is 1. The van der Waals surface area contributed by atoms with E-state index < -0.39 is 6.61 Å². The number of aromatic nitrogens is 3. The van der Waals surface area contributed by atoms with Crippen LogP contribution < -0.4 is 4.74 Å². The Kier molecular flexibility index (Phi) is 3.19. The minimum absolute atomic E-state index is 0.0135. The minimum Gasteiger partial charge on any atom is -0.493 e. The third kappa shape index (κ3) is 2.14. The maximum absolute atomic E-state index is 13.0. The topological polar surface area (TPSA) is 80.0 Å². The Labute approximate surface area is 151 Å². The van der Waals surface area contributed by atoms with E-state index in [1.807, 2.05) is 0 Å². The SMILES string of the molecule is CN1C(=O)c2cccc(OC(F)F)c2[C@H]2C[C@@H]1c1nn3cnc(O)cc3c12. The summed E-state index contributed by atoms with van der Waals surface area (Å²) in [5.41, 5.74) is 2.88. The molecule has 1 aromatic carbocycles. The molecular weight excluding hydrogens is 358 g/mol. The number of halogens is 2. The molecule has 2 aliphatic rings. The molecule has 1 N–H and O–H groups in total. The van der Waals surface area contributed by atoms with Gasteiger partial charge in [0.05, 0.1) is 17.3 Å². The second-order valence-electron chi connectivity index (χ2n) is 6.69. The van der Waals surface area contributed by atoms with Crippen LogP contribution >= 0.6 is 0 Å². The first-order valence-corrected chi connectivity index (χ1v) is 8.37. The van der Waals surface area contributed by atoms with Crippen molar-refractivity contribution in [3.05, 3.63) is 53.0 Å². The lowest BCUT2D eigenvalue weighted by molar-refractivity contribution is -0.0505. The first-order chi connectivity index (χ1) is 13.0. The molecule has 27 heavy (non-hydrogen) atoms. The van der Waals surface area contributed by atoms with E-state index in [0.29, 0.717) is 28.8 Å². The Morgan fingerprint density at radius 2 is 2.15 bits per heavy atom. The highest BCUT2D eigenvalue weighted by molar-refractivity contribution is 5.98. The summed E-state index contributed by atoms with van der Waals surface area (Å²) in [5.74, 6) is -0.796. The van der Waals surface area contributed by atoms with Gasteiger partial charge in [-0.1, -0.05) is 6.07 Å². The smallest absolute Gasteiger partial charge is 0.387 e. The predicted octanol–water partition coefficient (Wildman–Crippen LogP) is 2.70. The third-order valence-electron chi connectivity index (χ3n) is 5.35. The van der Waals surface area contributed by atoms with E-state index in [4.69, 9.17) is 4.74 Å². The van der Waals surface area contributed by atoms with E-state index >= 15 is 0 Å². The van der Waals surface area contributed by atoms with Crippen LogP contribution in [0.15, 0.2) is 30.6 Å². The molecule has 0 saturated heterocycles. The quantitative estimate of drug-likeness (QED) is 0.748. The van der Waals surface area contributed by atoms with Crippen molar-refractivity contribution in [1.82, 2.24) is 19.5 Å². The second-order valence-corrected chi connectivity index (χ2v) is 6.69. The van der Waals surface area contributed by atoms with E-state index in [0.717, 1.165) is 5.56 Å². The molecule has 5 rings (SSSR count). The molecular formula is C18H14F2N4O3. The van der Waals surface area contributed by atoms with E-state index in [1.165, 1.54) is 29.0 Å². The maximum Gasteiger partial charge on any atom is 0.387 e. The molecule has 3 aromatic rings. The molecule has 0 unspecified atom stereocenters. The monoisotopic (exact) mass is 372 g/mol. The van der Waals surface area contributed by atoms with E-state index in [1.54, 1.807) is 18.0 Å². The number of rotatable bonds is 2. The van der Waals surface area contributed by atoms with Gasteiger partial charge in [-0.3, -0.25) is 4.79 Å². The zero-order valence-corrected chi connectivity index (χ0v) is 14.1. The number of hydrogen-bond donors (Lipinski definition) is 1. The maximum atomic E-state index is 13.0. The number of hydrogen-bond acceptors (Lipinski definition) is 5. The largest absolute Gasteiger partial charge is 0.493 e. The molecule has 0 saturated carbocycles. The van der Waals surface area contributed by atoms with Crippen LogP contribution in [0.1, 0.15) is 45.6 Å². The van der Waals surface area contributed by atoms with Crippen molar-refractivity contribution in [3.8, 4) is 11.6 Å². The molecule has 2 atom stereocenters. The highest BCUT2D eigenvalue weighted by Crippen LogP contribution is 2.53. The van der Waals surface area contributed by atoms with Gasteiger partial charge >= 0.3 is 6.61 Å². The van der Waals surface area contributed by atoms with Crippen LogP contribution in [-0.2, 0) is 0 Å². The number of benzene rings is 1. The van der Waals surface area contributed by atoms with Gasteiger partial charge < -0.3 is 14.7 Å². The molecule has 9 heteroatoms. The van der Waals surface area contributed by atoms with Crippen molar-refractivity contribution in [2.24, 2.45) is 0 Å². The number of fused-ring (bicyclic) bond motifs is 9. The van der Waals surface area contributed by atoms with Crippen LogP contribution in [0.3, 0.4) is 0 Å². The molecule has 2 aromatic heterocycles. The van der Waals surface area contributed by atoms with Gasteiger partial charge in [0, 0.05) is 35.7 Å². The van der Waals surface area contributed by atoms with E-state index in [9.17, 15) is 18.7 Å². The van der Waals surface area contributed by atoms with Gasteiger partial charge in [-0.05, 0) is 18.6 Å². The number of alkyl halides is 2. The van der Waals surface area contributed by atoms with Gasteiger partial charge in [-0.25, -0.2) is 9.50 Å². The molecule has 138 valence electrons. The standard InChI is InChI=1S/C18H14F2N4O3/c1-23-11-5-9(15-10-6-13(25)21-7-24(10)22-16(11)15)14-8(17(23)26)3-2-4-12(14)27-18(19)20/h2-4,6-7,9,11,18,25H,5H2,1H3/t9-,11-/m1/s1. The lowest BCUT2D eigenvalue weighted by atomic mass is 9.89. The third-order valence-corrected chi connectivity index (χ3v) is 5.35. The van der Waals surface area contributed by atoms with Crippen molar-refractivity contribution < 1.29 is 23.4 Å². The second kappa shape index (κ2) is 5.38. The molecule has 0 fully saturated rings. The van der Waals surface area contributed by atoms with Crippen LogP contribution in [0.25, 0.3) is 5.52 Å². The van der Waals surface area contributed by atoms with Gasteiger partial charge in [-0.2, -0.15) is 13.9 Å². The van der Waals surface area contributed by atoms with Crippen molar-refractivity contribution >= 4 is 11.4 Å². The summed E-state index contributed by atoms with van der Waals surface area (Å²) in [7, 11) is 1.68. The van der Waals surface area contributed by atoms with E-state index in [-0.39, 0.29) is 29.5 Å². The zero-order chi connectivity index (χ0) is 18.9. The fourth-order valence-electron chi connectivity index (χ4n) is 4.26. The van der Waals surface area contributed by atoms with Crippen LogP contribution in [0.5, 0.6) is 11.6 Å². The minimum atomic E-state index is -3.00. The average molecular weight is 372 g/mol. The molecule has 1 amide bonds. The molecule has 2 bridgehead atoms. The number of ether oxygens (including phenoxy) is 1. The Balaban J connectivity index is 1.82. The summed E-state index contributed by atoms with van der Waals surface area (Å²) in [5, 5.41) is 14.3. The number of carbonyl (C=O) groups is 1. The number of amides is 1. The predicted molar refractivity (Wildman–Crippen MR) is 89.0 cm³/mol. The average Bonchev–Trinajstić information content (AvgIpc) is 3.14. The molecule has 3 heterocycles. The van der Waals surface area contributed by atoms with Crippen LogP contribution in [0.2, 0.25) is 0 Å². The summed E-state index contributed by atoms with van der Waals surface area (Å²) in [6, 6.07) is 5.79. The van der Waals surface area contributed by atoms with Gasteiger partial charge in [0.1, 0.15) is 12.1 Å². The van der Waals surface area contributed by atoms with Crippen LogP contribution in [-0.4, -0.2) is 44.2 Å².